The first-order chi connectivity index (χ1) is 13.9. The van der Waals surface area contributed by atoms with Crippen LogP contribution in [0.3, 0.4) is 0 Å². The molecule has 0 bridgehead atoms. The maximum atomic E-state index is 13.0. The zero-order valence-corrected chi connectivity index (χ0v) is 16.6. The van der Waals surface area contributed by atoms with Crippen molar-refractivity contribution in [1.29, 1.82) is 0 Å². The number of sulfonamides is 1. The summed E-state index contributed by atoms with van der Waals surface area (Å²) < 4.78 is 41.2. The van der Waals surface area contributed by atoms with Crippen molar-refractivity contribution in [2.45, 2.75) is 4.90 Å². The molecule has 4 rings (SSSR count). The lowest BCUT2D eigenvalue weighted by Crippen LogP contribution is -2.14. The summed E-state index contributed by atoms with van der Waals surface area (Å²) in [5.74, 6) is -0.815. The zero-order valence-electron chi connectivity index (χ0n) is 14.9. The van der Waals surface area contributed by atoms with Crippen LogP contribution in [-0.4, -0.2) is 14.3 Å². The Labute approximate surface area is 170 Å². The van der Waals surface area contributed by atoms with Crippen LogP contribution in [0, 0.1) is 5.82 Å². The molecule has 8 heteroatoms. The highest BCUT2D eigenvalue weighted by Gasteiger charge is 2.15. The van der Waals surface area contributed by atoms with Gasteiger partial charge in [0.25, 0.3) is 15.9 Å². The van der Waals surface area contributed by atoms with E-state index >= 15 is 0 Å². The Morgan fingerprint density at radius 1 is 0.862 bits per heavy atom. The molecule has 1 amide bonds. The molecule has 0 atom stereocenters. The number of hydrogen-bond acceptors (Lipinski definition) is 4. The van der Waals surface area contributed by atoms with Gasteiger partial charge in [-0.1, -0.05) is 0 Å². The van der Waals surface area contributed by atoms with E-state index < -0.39 is 15.8 Å². The summed E-state index contributed by atoms with van der Waals surface area (Å²) in [5, 5.41) is 5.87. The van der Waals surface area contributed by atoms with Crippen molar-refractivity contribution in [1.82, 2.24) is 0 Å². The lowest BCUT2D eigenvalue weighted by Gasteiger charge is -2.09. The fourth-order valence-electron chi connectivity index (χ4n) is 2.77. The van der Waals surface area contributed by atoms with E-state index in [1.807, 2.05) is 29.6 Å². The lowest BCUT2D eigenvalue weighted by molar-refractivity contribution is 0.102. The largest absolute Gasteiger partial charge is 0.322 e. The van der Waals surface area contributed by atoms with Crippen LogP contribution in [0.2, 0.25) is 0 Å². The fourth-order valence-corrected chi connectivity index (χ4v) is 4.59. The molecule has 146 valence electrons. The predicted molar refractivity (Wildman–Crippen MR) is 113 cm³/mol. The highest BCUT2D eigenvalue weighted by atomic mass is 32.2. The molecule has 0 saturated carbocycles. The van der Waals surface area contributed by atoms with Crippen LogP contribution in [0.5, 0.6) is 0 Å². The summed E-state index contributed by atoms with van der Waals surface area (Å²) in [6.07, 6.45) is 0. The Kier molecular flexibility index (Phi) is 5.04. The molecule has 2 N–H and O–H groups in total. The minimum absolute atomic E-state index is 0.0513. The van der Waals surface area contributed by atoms with Crippen molar-refractivity contribution in [3.63, 3.8) is 0 Å². The molecule has 1 heterocycles. The predicted octanol–water partition coefficient (Wildman–Crippen LogP) is 5.09. The second kappa shape index (κ2) is 7.65. The first-order valence-electron chi connectivity index (χ1n) is 8.58. The van der Waals surface area contributed by atoms with E-state index in [1.165, 1.54) is 36.4 Å². The molecule has 0 unspecified atom stereocenters. The van der Waals surface area contributed by atoms with E-state index in [-0.39, 0.29) is 10.8 Å². The Balaban J connectivity index is 1.46. The summed E-state index contributed by atoms with van der Waals surface area (Å²) in [7, 11) is -3.84. The van der Waals surface area contributed by atoms with Crippen molar-refractivity contribution in [3.05, 3.63) is 89.6 Å². The van der Waals surface area contributed by atoms with Gasteiger partial charge in [0.15, 0.2) is 0 Å². The van der Waals surface area contributed by atoms with Gasteiger partial charge in [0.2, 0.25) is 0 Å². The number of anilines is 2. The molecule has 4 aromatic rings. The molecule has 29 heavy (non-hydrogen) atoms. The van der Waals surface area contributed by atoms with Gasteiger partial charge in [-0.05, 0) is 83.6 Å². The summed E-state index contributed by atoms with van der Waals surface area (Å²) in [6.45, 7) is 0. The standard InChI is InChI=1S/C21H15FN2O3S2/c22-16-3-8-19(9-4-16)29(26,27)24-17-5-1-14(2-6-17)21(25)23-18-7-10-20-15(13-18)11-12-28-20/h1-13,24H,(H,23,25). The number of fused-ring (bicyclic) bond motifs is 1. The van der Waals surface area contributed by atoms with E-state index in [0.717, 1.165) is 22.2 Å². The quantitative estimate of drug-likeness (QED) is 0.467. The minimum Gasteiger partial charge on any atom is -0.322 e. The summed E-state index contributed by atoms with van der Waals surface area (Å²) in [6, 6.07) is 18.2. The molecule has 5 nitrogen and oxygen atoms in total. The number of benzene rings is 3. The topological polar surface area (TPSA) is 75.3 Å². The summed E-state index contributed by atoms with van der Waals surface area (Å²) >= 11 is 1.63. The first kappa shape index (κ1) is 19.1. The van der Waals surface area contributed by atoms with Gasteiger partial charge in [-0.15, -0.1) is 11.3 Å². The van der Waals surface area contributed by atoms with Crippen LogP contribution in [0.25, 0.3) is 10.1 Å². The zero-order chi connectivity index (χ0) is 20.4. The average Bonchev–Trinajstić information content (AvgIpc) is 3.16. The number of nitrogens with one attached hydrogen (secondary N) is 2. The number of hydrogen-bond donors (Lipinski definition) is 2. The number of rotatable bonds is 5. The molecule has 1 aromatic heterocycles. The number of carbonyl (C=O) groups excluding carboxylic acids is 1. The molecule has 0 fully saturated rings. The average molecular weight is 426 g/mol. The summed E-state index contributed by atoms with van der Waals surface area (Å²) in [5.41, 5.74) is 1.37. The van der Waals surface area contributed by atoms with Crippen LogP contribution < -0.4 is 10.0 Å². The van der Waals surface area contributed by atoms with Crippen molar-refractivity contribution in [2.24, 2.45) is 0 Å². The Morgan fingerprint density at radius 2 is 1.55 bits per heavy atom. The molecular formula is C21H15FN2O3S2. The third-order valence-corrected chi connectivity index (χ3v) is 6.53. The van der Waals surface area contributed by atoms with Crippen molar-refractivity contribution in [2.75, 3.05) is 10.0 Å². The molecule has 0 aliphatic rings. The third kappa shape index (κ3) is 4.28. The maximum Gasteiger partial charge on any atom is 0.261 e. The third-order valence-electron chi connectivity index (χ3n) is 4.23. The van der Waals surface area contributed by atoms with E-state index in [1.54, 1.807) is 11.3 Å². The Bertz CT molecular complexity index is 1280. The molecular weight excluding hydrogens is 411 g/mol. The van der Waals surface area contributed by atoms with Crippen LogP contribution in [0.1, 0.15) is 10.4 Å². The lowest BCUT2D eigenvalue weighted by atomic mass is 10.2. The number of thiophene rings is 1. The van der Waals surface area contributed by atoms with E-state index in [2.05, 4.69) is 10.0 Å². The van der Waals surface area contributed by atoms with Crippen molar-refractivity contribution in [3.8, 4) is 0 Å². The molecule has 3 aromatic carbocycles. The fraction of sp³-hybridized carbons (Fsp3) is 0. The Hall–Kier alpha value is -3.23. The monoisotopic (exact) mass is 426 g/mol. The maximum absolute atomic E-state index is 13.0. The first-order valence-corrected chi connectivity index (χ1v) is 10.9. The smallest absolute Gasteiger partial charge is 0.261 e. The van der Waals surface area contributed by atoms with Gasteiger partial charge in [0.05, 0.1) is 4.90 Å². The van der Waals surface area contributed by atoms with Crippen LogP contribution in [0.4, 0.5) is 15.8 Å². The molecule has 0 aliphatic carbocycles. The number of amides is 1. The van der Waals surface area contributed by atoms with Gasteiger partial charge in [-0.3, -0.25) is 9.52 Å². The van der Waals surface area contributed by atoms with Crippen LogP contribution in [0.15, 0.2) is 83.1 Å². The highest BCUT2D eigenvalue weighted by molar-refractivity contribution is 7.92. The minimum atomic E-state index is -3.84. The summed E-state index contributed by atoms with van der Waals surface area (Å²) in [4.78, 5) is 12.4. The van der Waals surface area contributed by atoms with E-state index in [0.29, 0.717) is 16.9 Å². The molecule has 0 saturated heterocycles. The van der Waals surface area contributed by atoms with Crippen molar-refractivity contribution >= 4 is 48.7 Å². The molecule has 0 radical (unpaired) electrons. The van der Waals surface area contributed by atoms with Gasteiger partial charge in [-0.2, -0.15) is 0 Å². The highest BCUT2D eigenvalue weighted by Crippen LogP contribution is 2.24. The Morgan fingerprint density at radius 3 is 2.28 bits per heavy atom. The van der Waals surface area contributed by atoms with Gasteiger partial charge in [0, 0.05) is 21.6 Å². The second-order valence-corrected chi connectivity index (χ2v) is 8.89. The number of carbonyl (C=O) groups is 1. The van der Waals surface area contributed by atoms with E-state index in [9.17, 15) is 17.6 Å². The van der Waals surface area contributed by atoms with Gasteiger partial charge in [0.1, 0.15) is 5.82 Å². The van der Waals surface area contributed by atoms with Crippen molar-refractivity contribution < 1.29 is 17.6 Å². The van der Waals surface area contributed by atoms with Gasteiger partial charge >= 0.3 is 0 Å². The van der Waals surface area contributed by atoms with Crippen LogP contribution in [-0.2, 0) is 10.0 Å². The van der Waals surface area contributed by atoms with Gasteiger partial charge < -0.3 is 5.32 Å². The molecule has 0 aliphatic heterocycles. The normalized spacial score (nSPS) is 11.3. The molecule has 0 spiro atoms. The second-order valence-electron chi connectivity index (χ2n) is 6.26. The van der Waals surface area contributed by atoms with Crippen LogP contribution >= 0.6 is 11.3 Å². The van der Waals surface area contributed by atoms with E-state index in [4.69, 9.17) is 0 Å². The SMILES string of the molecule is O=C(Nc1ccc2sccc2c1)c1ccc(NS(=O)(=O)c2ccc(F)cc2)cc1. The number of halogens is 1. The van der Waals surface area contributed by atoms with Gasteiger partial charge in [-0.25, -0.2) is 12.8 Å².